The standard InChI is InChI=1S/C29H36N2O5/c1-22-9-6-7-12-24(22)29(20-26(33)31(27(29)34)15-8-16-35-2)19-25(32)30-21-28(13-17-36-18-14-28)23-10-4-3-5-11-23/h3-7,9-12H,8,13-21H2,1-2H3,(H,30,32). The van der Waals surface area contributed by atoms with Crippen molar-refractivity contribution in [3.63, 3.8) is 0 Å². The monoisotopic (exact) mass is 492 g/mol. The van der Waals surface area contributed by atoms with Crippen LogP contribution in [0.1, 0.15) is 48.8 Å². The number of methoxy groups -OCH3 is 1. The van der Waals surface area contributed by atoms with Gasteiger partial charge in [0.2, 0.25) is 17.7 Å². The van der Waals surface area contributed by atoms with E-state index >= 15 is 0 Å². The first-order chi connectivity index (χ1) is 17.4. The Morgan fingerprint density at radius 3 is 2.44 bits per heavy atom. The Kier molecular flexibility index (Phi) is 8.21. The summed E-state index contributed by atoms with van der Waals surface area (Å²) >= 11 is 0. The molecule has 2 aliphatic rings. The number of benzene rings is 2. The van der Waals surface area contributed by atoms with Crippen molar-refractivity contribution in [2.45, 2.75) is 49.9 Å². The van der Waals surface area contributed by atoms with Crippen LogP contribution >= 0.6 is 0 Å². The van der Waals surface area contributed by atoms with E-state index in [-0.39, 0.29) is 42.5 Å². The fourth-order valence-electron chi connectivity index (χ4n) is 5.67. The van der Waals surface area contributed by atoms with Crippen molar-refractivity contribution in [2.75, 3.05) is 40.0 Å². The second-order valence-corrected chi connectivity index (χ2v) is 9.98. The molecule has 1 unspecified atom stereocenters. The van der Waals surface area contributed by atoms with Gasteiger partial charge in [-0.15, -0.1) is 0 Å². The Bertz CT molecular complexity index is 1080. The van der Waals surface area contributed by atoms with E-state index < -0.39 is 5.41 Å². The van der Waals surface area contributed by atoms with Gasteiger partial charge in [0.25, 0.3) is 0 Å². The highest BCUT2D eigenvalue weighted by Crippen LogP contribution is 2.41. The predicted molar refractivity (Wildman–Crippen MR) is 136 cm³/mol. The zero-order valence-corrected chi connectivity index (χ0v) is 21.3. The molecular formula is C29H36N2O5. The number of nitrogens with one attached hydrogen (secondary N) is 1. The zero-order chi connectivity index (χ0) is 25.6. The van der Waals surface area contributed by atoms with Crippen molar-refractivity contribution >= 4 is 17.7 Å². The van der Waals surface area contributed by atoms with Crippen molar-refractivity contribution in [3.8, 4) is 0 Å². The maximum Gasteiger partial charge on any atom is 0.240 e. The van der Waals surface area contributed by atoms with Gasteiger partial charge in [0.1, 0.15) is 0 Å². The minimum absolute atomic E-state index is 0.00520. The van der Waals surface area contributed by atoms with Gasteiger partial charge in [0.05, 0.1) is 5.41 Å². The van der Waals surface area contributed by atoms with Gasteiger partial charge in [0, 0.05) is 58.3 Å². The lowest BCUT2D eigenvalue weighted by molar-refractivity contribution is -0.141. The molecule has 2 aromatic rings. The van der Waals surface area contributed by atoms with Crippen LogP contribution in [0.2, 0.25) is 0 Å². The van der Waals surface area contributed by atoms with Crippen LogP contribution in [-0.4, -0.2) is 62.6 Å². The molecule has 36 heavy (non-hydrogen) atoms. The molecule has 4 rings (SSSR count). The fourth-order valence-corrected chi connectivity index (χ4v) is 5.67. The third-order valence-corrected chi connectivity index (χ3v) is 7.72. The highest BCUT2D eigenvalue weighted by Gasteiger charge is 2.54. The molecular weight excluding hydrogens is 456 g/mol. The van der Waals surface area contributed by atoms with Crippen molar-refractivity contribution in [3.05, 3.63) is 71.3 Å². The molecule has 0 aliphatic carbocycles. The molecule has 0 spiro atoms. The van der Waals surface area contributed by atoms with Crippen LogP contribution in [-0.2, 0) is 34.7 Å². The molecule has 192 valence electrons. The van der Waals surface area contributed by atoms with E-state index in [1.165, 1.54) is 10.5 Å². The summed E-state index contributed by atoms with van der Waals surface area (Å²) in [4.78, 5) is 41.6. The number of carbonyl (C=O) groups excluding carboxylic acids is 3. The van der Waals surface area contributed by atoms with E-state index in [1.807, 2.05) is 49.4 Å². The molecule has 2 heterocycles. The normalized spacial score (nSPS) is 21.6. The molecule has 0 saturated carbocycles. The number of nitrogens with zero attached hydrogens (tertiary/aromatic N) is 1. The number of aryl methyl sites for hydroxylation is 1. The molecule has 2 fully saturated rings. The van der Waals surface area contributed by atoms with Gasteiger partial charge in [-0.1, -0.05) is 54.6 Å². The number of likely N-dealkylation sites (tertiary alicyclic amines) is 1. The summed E-state index contributed by atoms with van der Waals surface area (Å²) in [6.45, 7) is 4.41. The maximum absolute atomic E-state index is 13.8. The SMILES string of the molecule is COCCCN1C(=O)CC(CC(=O)NCC2(c3ccccc3)CCOCC2)(c2ccccc2C)C1=O. The summed E-state index contributed by atoms with van der Waals surface area (Å²) in [5.41, 5.74) is 1.41. The van der Waals surface area contributed by atoms with Crippen molar-refractivity contribution in [2.24, 2.45) is 0 Å². The third kappa shape index (κ3) is 5.22. The van der Waals surface area contributed by atoms with E-state index in [4.69, 9.17) is 9.47 Å². The third-order valence-electron chi connectivity index (χ3n) is 7.72. The Balaban J connectivity index is 1.57. The molecule has 2 aliphatic heterocycles. The molecule has 7 nitrogen and oxygen atoms in total. The quantitative estimate of drug-likeness (QED) is 0.406. The van der Waals surface area contributed by atoms with Crippen LogP contribution in [0.25, 0.3) is 0 Å². The van der Waals surface area contributed by atoms with Gasteiger partial charge in [-0.05, 0) is 42.9 Å². The number of hydrogen-bond acceptors (Lipinski definition) is 5. The minimum Gasteiger partial charge on any atom is -0.385 e. The Labute approximate surface area is 213 Å². The molecule has 3 amide bonds. The summed E-state index contributed by atoms with van der Waals surface area (Å²) in [6.07, 6.45) is 2.11. The smallest absolute Gasteiger partial charge is 0.240 e. The summed E-state index contributed by atoms with van der Waals surface area (Å²) in [5.74, 6) is -0.755. The maximum atomic E-state index is 13.8. The highest BCUT2D eigenvalue weighted by atomic mass is 16.5. The van der Waals surface area contributed by atoms with Gasteiger partial charge >= 0.3 is 0 Å². The van der Waals surface area contributed by atoms with Crippen LogP contribution in [0.15, 0.2) is 54.6 Å². The molecule has 0 aromatic heterocycles. The predicted octanol–water partition coefficient (Wildman–Crippen LogP) is 3.28. The first kappa shape index (κ1) is 26.0. The molecule has 2 aromatic carbocycles. The lowest BCUT2D eigenvalue weighted by Gasteiger charge is -2.38. The van der Waals surface area contributed by atoms with E-state index in [9.17, 15) is 14.4 Å². The molecule has 0 radical (unpaired) electrons. The van der Waals surface area contributed by atoms with Crippen molar-refractivity contribution in [1.82, 2.24) is 10.2 Å². The minimum atomic E-state index is -1.20. The summed E-state index contributed by atoms with van der Waals surface area (Å²) in [7, 11) is 1.59. The largest absolute Gasteiger partial charge is 0.385 e. The number of ether oxygens (including phenoxy) is 2. The van der Waals surface area contributed by atoms with Crippen molar-refractivity contribution in [1.29, 1.82) is 0 Å². The van der Waals surface area contributed by atoms with Crippen LogP contribution in [0.4, 0.5) is 0 Å². The number of carbonyl (C=O) groups is 3. The van der Waals surface area contributed by atoms with Gasteiger partial charge in [-0.25, -0.2) is 0 Å². The molecule has 1 atom stereocenters. The first-order valence-electron chi connectivity index (χ1n) is 12.7. The Morgan fingerprint density at radius 1 is 1.06 bits per heavy atom. The lowest BCUT2D eigenvalue weighted by atomic mass is 9.73. The average molecular weight is 493 g/mol. The van der Waals surface area contributed by atoms with Crippen LogP contribution < -0.4 is 5.32 Å². The van der Waals surface area contributed by atoms with Crippen molar-refractivity contribution < 1.29 is 23.9 Å². The topological polar surface area (TPSA) is 84.9 Å². The van der Waals surface area contributed by atoms with Gasteiger partial charge in [-0.3, -0.25) is 19.3 Å². The van der Waals surface area contributed by atoms with Gasteiger partial charge < -0.3 is 14.8 Å². The first-order valence-corrected chi connectivity index (χ1v) is 12.7. The summed E-state index contributed by atoms with van der Waals surface area (Å²) in [6, 6.07) is 17.8. The summed E-state index contributed by atoms with van der Waals surface area (Å²) in [5, 5.41) is 3.14. The number of rotatable bonds is 10. The van der Waals surface area contributed by atoms with Gasteiger partial charge in [-0.2, -0.15) is 0 Å². The van der Waals surface area contributed by atoms with E-state index in [0.29, 0.717) is 32.8 Å². The number of amides is 3. The molecule has 7 heteroatoms. The Hall–Kier alpha value is -3.03. The average Bonchev–Trinajstić information content (AvgIpc) is 3.13. The second-order valence-electron chi connectivity index (χ2n) is 9.98. The number of hydrogen-bond donors (Lipinski definition) is 1. The summed E-state index contributed by atoms with van der Waals surface area (Å²) < 4.78 is 10.7. The number of imide groups is 1. The van der Waals surface area contributed by atoms with E-state index in [2.05, 4.69) is 17.4 Å². The zero-order valence-electron chi connectivity index (χ0n) is 21.3. The van der Waals surface area contributed by atoms with E-state index in [1.54, 1.807) is 7.11 Å². The van der Waals surface area contributed by atoms with Crippen LogP contribution in [0.3, 0.4) is 0 Å². The molecule has 1 N–H and O–H groups in total. The Morgan fingerprint density at radius 2 is 1.75 bits per heavy atom. The van der Waals surface area contributed by atoms with E-state index in [0.717, 1.165) is 24.0 Å². The highest BCUT2D eigenvalue weighted by molar-refractivity contribution is 6.11. The van der Waals surface area contributed by atoms with Crippen LogP contribution in [0.5, 0.6) is 0 Å². The van der Waals surface area contributed by atoms with Gasteiger partial charge in [0.15, 0.2) is 0 Å². The molecule has 0 bridgehead atoms. The second kappa shape index (κ2) is 11.4. The van der Waals surface area contributed by atoms with Crippen LogP contribution in [0, 0.1) is 6.92 Å². The molecule has 2 saturated heterocycles. The fraction of sp³-hybridized carbons (Fsp3) is 0.483. The lowest BCUT2D eigenvalue weighted by Crippen LogP contribution is -2.47.